The fraction of sp³-hybridized carbons (Fsp3) is 0.250. The smallest absolute Gasteiger partial charge is 0.127 e. The maximum absolute atomic E-state index is 13.0. The normalized spacial score (nSPS) is 16.6. The van der Waals surface area contributed by atoms with Crippen molar-refractivity contribution in [1.29, 1.82) is 0 Å². The van der Waals surface area contributed by atoms with Crippen molar-refractivity contribution in [2.75, 3.05) is 13.1 Å². The van der Waals surface area contributed by atoms with Gasteiger partial charge in [0.2, 0.25) is 0 Å². The van der Waals surface area contributed by atoms with Gasteiger partial charge in [-0.1, -0.05) is 42.5 Å². The lowest BCUT2D eigenvalue weighted by Crippen LogP contribution is -2.42. The van der Waals surface area contributed by atoms with Crippen molar-refractivity contribution in [1.82, 2.24) is 4.90 Å². The Hall–Kier alpha value is -2.69. The number of hydrogen-bond donors (Lipinski definition) is 1. The van der Waals surface area contributed by atoms with Crippen LogP contribution in [0, 0.1) is 5.82 Å². The first-order valence-corrected chi connectivity index (χ1v) is 9.63. The maximum Gasteiger partial charge on any atom is 0.127 e. The minimum absolute atomic E-state index is 0.288. The van der Waals surface area contributed by atoms with E-state index >= 15 is 0 Å². The van der Waals surface area contributed by atoms with Gasteiger partial charge in [-0.05, 0) is 60.4 Å². The van der Waals surface area contributed by atoms with Crippen molar-refractivity contribution in [2.24, 2.45) is 0 Å². The van der Waals surface area contributed by atoms with Gasteiger partial charge in [-0.15, -0.1) is 0 Å². The molecule has 1 saturated heterocycles. The molecule has 1 fully saturated rings. The fourth-order valence-corrected chi connectivity index (χ4v) is 3.68. The maximum atomic E-state index is 13.0. The number of rotatable bonds is 5. The molecule has 0 bridgehead atoms. The molecule has 0 aliphatic carbocycles. The van der Waals surface area contributed by atoms with Crippen LogP contribution in [0.5, 0.6) is 11.5 Å². The van der Waals surface area contributed by atoms with Crippen molar-refractivity contribution >= 4 is 0 Å². The Kier molecular flexibility index (Phi) is 5.42. The number of ether oxygens (including phenoxy) is 1. The average Bonchev–Trinajstić information content (AvgIpc) is 2.73. The van der Waals surface area contributed by atoms with Crippen LogP contribution in [0.15, 0.2) is 78.9 Å². The molecular formula is C24H24FNO2. The third kappa shape index (κ3) is 4.41. The summed E-state index contributed by atoms with van der Waals surface area (Å²) in [5.74, 6) is 0.964. The summed E-state index contributed by atoms with van der Waals surface area (Å²) < 4.78 is 18.7. The van der Waals surface area contributed by atoms with E-state index in [1.54, 1.807) is 12.1 Å². The average molecular weight is 377 g/mol. The summed E-state index contributed by atoms with van der Waals surface area (Å²) >= 11 is 0. The lowest BCUT2D eigenvalue weighted by Gasteiger charge is -2.38. The van der Waals surface area contributed by atoms with Crippen LogP contribution in [0.2, 0.25) is 0 Å². The molecule has 3 aromatic rings. The molecule has 1 aliphatic heterocycles. The Bertz CT molecular complexity index is 886. The predicted octanol–water partition coefficient (Wildman–Crippen LogP) is 5.10. The van der Waals surface area contributed by atoms with Gasteiger partial charge in [0, 0.05) is 19.6 Å². The molecule has 0 aromatic heterocycles. The molecule has 4 heteroatoms. The topological polar surface area (TPSA) is 32.7 Å². The number of benzene rings is 3. The van der Waals surface area contributed by atoms with Crippen LogP contribution < -0.4 is 4.74 Å². The highest BCUT2D eigenvalue weighted by Crippen LogP contribution is 2.34. The van der Waals surface area contributed by atoms with E-state index in [4.69, 9.17) is 4.74 Å². The lowest BCUT2D eigenvalue weighted by molar-refractivity contribution is -0.0277. The van der Waals surface area contributed by atoms with Crippen LogP contribution in [-0.2, 0) is 12.1 Å². The second-order valence-electron chi connectivity index (χ2n) is 7.37. The van der Waals surface area contributed by atoms with Crippen LogP contribution in [0.25, 0.3) is 0 Å². The molecule has 0 spiro atoms. The summed E-state index contributed by atoms with van der Waals surface area (Å²) in [5, 5.41) is 11.1. The van der Waals surface area contributed by atoms with Crippen molar-refractivity contribution in [3.63, 3.8) is 0 Å². The van der Waals surface area contributed by atoms with Crippen molar-refractivity contribution < 1.29 is 14.2 Å². The van der Waals surface area contributed by atoms with E-state index in [-0.39, 0.29) is 5.82 Å². The second kappa shape index (κ2) is 8.13. The summed E-state index contributed by atoms with van der Waals surface area (Å²) in [6, 6.07) is 23.9. The monoisotopic (exact) mass is 377 g/mol. The highest BCUT2D eigenvalue weighted by atomic mass is 19.1. The van der Waals surface area contributed by atoms with E-state index in [9.17, 15) is 9.50 Å². The summed E-state index contributed by atoms with van der Waals surface area (Å²) in [5.41, 5.74) is 1.41. The first-order valence-electron chi connectivity index (χ1n) is 9.63. The highest BCUT2D eigenvalue weighted by Gasteiger charge is 2.33. The van der Waals surface area contributed by atoms with Crippen molar-refractivity contribution in [2.45, 2.75) is 25.0 Å². The van der Waals surface area contributed by atoms with Gasteiger partial charge < -0.3 is 9.84 Å². The molecule has 0 saturated carbocycles. The number of hydrogen-bond acceptors (Lipinski definition) is 3. The molecule has 0 atom stereocenters. The number of aliphatic hydroxyl groups is 1. The molecule has 3 nitrogen and oxygen atoms in total. The van der Waals surface area contributed by atoms with E-state index in [2.05, 4.69) is 29.2 Å². The minimum atomic E-state index is -0.804. The Balaban J connectivity index is 1.36. The molecule has 0 radical (unpaired) electrons. The molecule has 1 aliphatic rings. The van der Waals surface area contributed by atoms with Gasteiger partial charge in [0.1, 0.15) is 17.3 Å². The Labute approximate surface area is 165 Å². The number of likely N-dealkylation sites (tertiary alicyclic amines) is 1. The molecule has 3 aromatic carbocycles. The largest absolute Gasteiger partial charge is 0.457 e. The van der Waals surface area contributed by atoms with Gasteiger partial charge in [0.25, 0.3) is 0 Å². The minimum Gasteiger partial charge on any atom is -0.457 e. The predicted molar refractivity (Wildman–Crippen MR) is 108 cm³/mol. The second-order valence-corrected chi connectivity index (χ2v) is 7.37. The first kappa shape index (κ1) is 18.7. The Morgan fingerprint density at radius 1 is 0.821 bits per heavy atom. The zero-order valence-corrected chi connectivity index (χ0v) is 15.7. The molecule has 28 heavy (non-hydrogen) atoms. The summed E-state index contributed by atoms with van der Waals surface area (Å²) in [4.78, 5) is 2.38. The van der Waals surface area contributed by atoms with E-state index in [1.165, 1.54) is 17.7 Å². The highest BCUT2D eigenvalue weighted by molar-refractivity contribution is 5.35. The summed E-state index contributed by atoms with van der Waals surface area (Å²) in [6.45, 7) is 2.64. The molecule has 144 valence electrons. The SMILES string of the molecule is OC1(c2ccc(Oc3ccc(F)cc3)cc2)CCN(Cc2ccccc2)CC1. The Morgan fingerprint density at radius 3 is 2.00 bits per heavy atom. The molecular weight excluding hydrogens is 353 g/mol. The van der Waals surface area contributed by atoms with Crippen LogP contribution in [0.3, 0.4) is 0 Å². The molecule has 1 heterocycles. The first-order chi connectivity index (χ1) is 13.6. The number of piperidine rings is 1. The zero-order chi connectivity index (χ0) is 19.4. The van der Waals surface area contributed by atoms with Crippen molar-refractivity contribution in [3.05, 3.63) is 95.8 Å². The molecule has 0 amide bonds. The van der Waals surface area contributed by atoms with E-state index in [1.807, 2.05) is 30.3 Å². The third-order valence-electron chi connectivity index (χ3n) is 5.37. The van der Waals surface area contributed by atoms with Crippen LogP contribution >= 0.6 is 0 Å². The van der Waals surface area contributed by atoms with Gasteiger partial charge in [-0.2, -0.15) is 0 Å². The van der Waals surface area contributed by atoms with Gasteiger partial charge in [-0.25, -0.2) is 4.39 Å². The van der Waals surface area contributed by atoms with Gasteiger partial charge in [0.05, 0.1) is 5.60 Å². The quantitative estimate of drug-likeness (QED) is 0.671. The summed E-state index contributed by atoms with van der Waals surface area (Å²) in [7, 11) is 0. The van der Waals surface area contributed by atoms with Gasteiger partial charge in [-0.3, -0.25) is 4.90 Å². The molecule has 0 unspecified atom stereocenters. The van der Waals surface area contributed by atoms with Crippen molar-refractivity contribution in [3.8, 4) is 11.5 Å². The van der Waals surface area contributed by atoms with E-state index in [0.29, 0.717) is 24.3 Å². The molecule has 1 N–H and O–H groups in total. The lowest BCUT2D eigenvalue weighted by atomic mass is 9.84. The van der Waals surface area contributed by atoms with Crippen LogP contribution in [0.4, 0.5) is 4.39 Å². The van der Waals surface area contributed by atoms with Crippen LogP contribution in [0.1, 0.15) is 24.0 Å². The standard InChI is InChI=1S/C24H24FNO2/c25-21-8-12-23(13-9-21)28-22-10-6-20(7-11-22)24(27)14-16-26(17-15-24)18-19-4-2-1-3-5-19/h1-13,27H,14-18H2. The van der Waals surface area contributed by atoms with Gasteiger partial charge in [0.15, 0.2) is 0 Å². The van der Waals surface area contributed by atoms with E-state index in [0.717, 1.165) is 25.2 Å². The summed E-state index contributed by atoms with van der Waals surface area (Å²) in [6.07, 6.45) is 1.41. The number of nitrogens with zero attached hydrogens (tertiary/aromatic N) is 1. The Morgan fingerprint density at radius 2 is 1.39 bits per heavy atom. The third-order valence-corrected chi connectivity index (χ3v) is 5.37. The number of halogens is 1. The zero-order valence-electron chi connectivity index (χ0n) is 15.7. The molecule has 4 rings (SSSR count). The van der Waals surface area contributed by atoms with Gasteiger partial charge >= 0.3 is 0 Å². The fourth-order valence-electron chi connectivity index (χ4n) is 3.68. The van der Waals surface area contributed by atoms with Crippen LogP contribution in [-0.4, -0.2) is 23.1 Å². The van der Waals surface area contributed by atoms with E-state index < -0.39 is 5.60 Å².